The molecule has 1 aromatic carbocycles. The highest BCUT2D eigenvalue weighted by atomic mass is 35.5. The second kappa shape index (κ2) is 6.97. The molecule has 0 spiro atoms. The van der Waals surface area contributed by atoms with Crippen LogP contribution in [-0.2, 0) is 9.59 Å². The van der Waals surface area contributed by atoms with Crippen LogP contribution in [-0.4, -0.2) is 42.5 Å². The first kappa shape index (κ1) is 16.4. The van der Waals surface area contributed by atoms with Gasteiger partial charge in [-0.05, 0) is 31.0 Å². The van der Waals surface area contributed by atoms with Crippen molar-refractivity contribution in [3.05, 3.63) is 28.2 Å². The van der Waals surface area contributed by atoms with Gasteiger partial charge in [0.2, 0.25) is 5.91 Å². The summed E-state index contributed by atoms with van der Waals surface area (Å²) in [5, 5.41) is 3.89. The molecule has 124 valence electrons. The van der Waals surface area contributed by atoms with E-state index in [1.165, 1.54) is 0 Å². The van der Waals surface area contributed by atoms with Gasteiger partial charge >= 0.3 is 0 Å². The predicted molar refractivity (Wildman–Crippen MR) is 87.8 cm³/mol. The van der Waals surface area contributed by atoms with E-state index >= 15 is 0 Å². The molecule has 0 aliphatic carbocycles. The maximum atomic E-state index is 12.4. The summed E-state index contributed by atoms with van der Waals surface area (Å²) in [5.74, 6) is 0.230. The van der Waals surface area contributed by atoms with E-state index in [2.05, 4.69) is 5.32 Å². The van der Waals surface area contributed by atoms with E-state index in [-0.39, 0.29) is 30.4 Å². The van der Waals surface area contributed by atoms with Crippen LogP contribution >= 0.6 is 23.2 Å². The molecule has 2 amide bonds. The van der Waals surface area contributed by atoms with E-state index in [1.54, 1.807) is 23.1 Å². The van der Waals surface area contributed by atoms with Crippen LogP contribution in [0.15, 0.2) is 18.2 Å². The smallest absolute Gasteiger partial charge is 0.260 e. The topological polar surface area (TPSA) is 58.6 Å². The summed E-state index contributed by atoms with van der Waals surface area (Å²) in [4.78, 5) is 26.2. The fourth-order valence-corrected chi connectivity index (χ4v) is 3.54. The molecule has 0 aromatic heterocycles. The SMILES string of the molecule is O=C1NC2CCCC1CN(C(=O)COc1ccc(Cl)cc1Cl)C2. The summed E-state index contributed by atoms with van der Waals surface area (Å²) in [6, 6.07) is 4.91. The minimum Gasteiger partial charge on any atom is -0.482 e. The lowest BCUT2D eigenvalue weighted by Crippen LogP contribution is -2.43. The van der Waals surface area contributed by atoms with Gasteiger partial charge in [0.1, 0.15) is 5.75 Å². The number of carbonyl (C=O) groups is 2. The quantitative estimate of drug-likeness (QED) is 0.904. The second-order valence-electron chi connectivity index (χ2n) is 6.00. The summed E-state index contributed by atoms with van der Waals surface area (Å²) in [5.41, 5.74) is 0. The van der Waals surface area contributed by atoms with Gasteiger partial charge in [-0.25, -0.2) is 0 Å². The van der Waals surface area contributed by atoms with Gasteiger partial charge in [-0.15, -0.1) is 0 Å². The molecule has 2 saturated heterocycles. The molecule has 1 N–H and O–H groups in total. The summed E-state index contributed by atoms with van der Waals surface area (Å²) in [6.07, 6.45) is 2.76. The number of nitrogens with zero attached hydrogens (tertiary/aromatic N) is 1. The summed E-state index contributed by atoms with van der Waals surface area (Å²) in [6.45, 7) is 0.895. The standard InChI is InChI=1S/C16H18Cl2N2O3/c17-11-4-5-14(13(18)6-11)23-9-15(21)20-7-10-2-1-3-12(8-20)19-16(10)22/h4-6,10,12H,1-3,7-9H2,(H,19,22). The monoisotopic (exact) mass is 356 g/mol. The number of hydrogen-bond acceptors (Lipinski definition) is 3. The van der Waals surface area contributed by atoms with Crippen molar-refractivity contribution in [2.75, 3.05) is 19.7 Å². The fourth-order valence-electron chi connectivity index (χ4n) is 3.08. The van der Waals surface area contributed by atoms with Gasteiger partial charge in [0, 0.05) is 24.2 Å². The molecule has 2 aliphatic heterocycles. The van der Waals surface area contributed by atoms with Crippen molar-refractivity contribution in [3.8, 4) is 5.75 Å². The lowest BCUT2D eigenvalue weighted by molar-refractivity contribution is -0.134. The van der Waals surface area contributed by atoms with Gasteiger partial charge in [0.25, 0.3) is 5.91 Å². The average Bonchev–Trinajstić information content (AvgIpc) is 2.74. The van der Waals surface area contributed by atoms with Crippen molar-refractivity contribution >= 4 is 35.0 Å². The highest BCUT2D eigenvalue weighted by Gasteiger charge is 2.34. The number of amides is 2. The van der Waals surface area contributed by atoms with E-state index in [4.69, 9.17) is 27.9 Å². The van der Waals surface area contributed by atoms with Crippen molar-refractivity contribution in [1.29, 1.82) is 0 Å². The van der Waals surface area contributed by atoms with Crippen molar-refractivity contribution in [2.45, 2.75) is 25.3 Å². The van der Waals surface area contributed by atoms with Gasteiger partial charge in [-0.2, -0.15) is 0 Å². The normalized spacial score (nSPS) is 23.9. The highest BCUT2D eigenvalue weighted by Crippen LogP contribution is 2.28. The molecule has 2 bridgehead atoms. The predicted octanol–water partition coefficient (Wildman–Crippen LogP) is 2.50. The Morgan fingerprint density at radius 1 is 1.30 bits per heavy atom. The summed E-state index contributed by atoms with van der Waals surface area (Å²) < 4.78 is 5.51. The van der Waals surface area contributed by atoms with E-state index in [0.29, 0.717) is 28.9 Å². The van der Waals surface area contributed by atoms with Crippen LogP contribution in [0, 0.1) is 5.92 Å². The molecule has 2 atom stereocenters. The van der Waals surface area contributed by atoms with Crippen LogP contribution in [0.1, 0.15) is 19.3 Å². The largest absolute Gasteiger partial charge is 0.482 e. The first-order valence-corrected chi connectivity index (χ1v) is 8.44. The Hall–Kier alpha value is -1.46. The second-order valence-corrected chi connectivity index (χ2v) is 6.84. The Morgan fingerprint density at radius 2 is 2.13 bits per heavy atom. The molecule has 0 radical (unpaired) electrons. The number of nitrogens with one attached hydrogen (secondary N) is 1. The number of ether oxygens (including phenoxy) is 1. The average molecular weight is 357 g/mol. The number of fused-ring (bicyclic) bond motifs is 3. The maximum absolute atomic E-state index is 12.4. The number of benzene rings is 1. The van der Waals surface area contributed by atoms with Gasteiger partial charge in [-0.3, -0.25) is 9.59 Å². The number of carbonyl (C=O) groups excluding carboxylic acids is 2. The van der Waals surface area contributed by atoms with Crippen molar-refractivity contribution in [1.82, 2.24) is 10.2 Å². The molecular weight excluding hydrogens is 339 g/mol. The molecule has 3 rings (SSSR count). The molecule has 0 saturated carbocycles. The third-order valence-electron chi connectivity index (χ3n) is 4.30. The van der Waals surface area contributed by atoms with Crippen LogP contribution in [0.3, 0.4) is 0 Å². The molecule has 5 nitrogen and oxygen atoms in total. The maximum Gasteiger partial charge on any atom is 0.260 e. The lowest BCUT2D eigenvalue weighted by atomic mass is 9.99. The van der Waals surface area contributed by atoms with Crippen LogP contribution in [0.5, 0.6) is 5.75 Å². The van der Waals surface area contributed by atoms with E-state index in [9.17, 15) is 9.59 Å². The summed E-state index contributed by atoms with van der Waals surface area (Å²) >= 11 is 11.9. The van der Waals surface area contributed by atoms with E-state index in [1.807, 2.05) is 0 Å². The Labute approximate surface area is 144 Å². The van der Waals surface area contributed by atoms with Gasteiger partial charge in [0.15, 0.2) is 6.61 Å². The molecule has 2 unspecified atom stereocenters. The number of halogens is 2. The summed E-state index contributed by atoms with van der Waals surface area (Å²) in [7, 11) is 0. The first-order chi connectivity index (χ1) is 11.0. The van der Waals surface area contributed by atoms with Crippen LogP contribution in [0.25, 0.3) is 0 Å². The zero-order valence-electron chi connectivity index (χ0n) is 12.6. The van der Waals surface area contributed by atoms with Crippen LogP contribution in [0.4, 0.5) is 0 Å². The molecule has 2 heterocycles. The Bertz CT molecular complexity index is 623. The Morgan fingerprint density at radius 3 is 2.91 bits per heavy atom. The molecule has 23 heavy (non-hydrogen) atoms. The minimum absolute atomic E-state index is 0.0399. The molecule has 7 heteroatoms. The first-order valence-electron chi connectivity index (χ1n) is 7.69. The molecular formula is C16H18Cl2N2O3. The Kier molecular flexibility index (Phi) is 4.97. The lowest BCUT2D eigenvalue weighted by Gasteiger charge is -2.27. The molecule has 2 aliphatic rings. The third-order valence-corrected chi connectivity index (χ3v) is 4.83. The van der Waals surface area contributed by atoms with Gasteiger partial charge in [0.05, 0.1) is 10.9 Å². The van der Waals surface area contributed by atoms with E-state index in [0.717, 1.165) is 19.3 Å². The fraction of sp³-hybridized carbons (Fsp3) is 0.500. The van der Waals surface area contributed by atoms with Gasteiger partial charge in [-0.1, -0.05) is 29.6 Å². The minimum atomic E-state index is -0.135. The number of rotatable bonds is 3. The zero-order chi connectivity index (χ0) is 16.4. The van der Waals surface area contributed by atoms with Crippen LogP contribution < -0.4 is 10.1 Å². The number of likely N-dealkylation sites (tertiary alicyclic amines) is 1. The molecule has 2 fully saturated rings. The molecule has 1 aromatic rings. The van der Waals surface area contributed by atoms with Crippen molar-refractivity contribution in [3.63, 3.8) is 0 Å². The van der Waals surface area contributed by atoms with E-state index < -0.39 is 0 Å². The van der Waals surface area contributed by atoms with Crippen molar-refractivity contribution in [2.24, 2.45) is 5.92 Å². The van der Waals surface area contributed by atoms with Crippen LogP contribution in [0.2, 0.25) is 10.0 Å². The highest BCUT2D eigenvalue weighted by molar-refractivity contribution is 6.35. The van der Waals surface area contributed by atoms with Gasteiger partial charge < -0.3 is 15.0 Å². The number of hydrogen-bond donors (Lipinski definition) is 1. The zero-order valence-corrected chi connectivity index (χ0v) is 14.1. The Balaban J connectivity index is 1.63. The third kappa shape index (κ3) is 3.90. The van der Waals surface area contributed by atoms with Crippen molar-refractivity contribution < 1.29 is 14.3 Å².